The molecule has 0 aliphatic heterocycles. The van der Waals surface area contributed by atoms with E-state index in [1.165, 1.54) is 0 Å². The Morgan fingerprint density at radius 2 is 2.09 bits per heavy atom. The lowest BCUT2D eigenvalue weighted by Gasteiger charge is -2.13. The van der Waals surface area contributed by atoms with Crippen molar-refractivity contribution in [2.75, 3.05) is 0 Å². The third-order valence-corrected chi connectivity index (χ3v) is 3.78. The Labute approximate surface area is 133 Å². The van der Waals surface area contributed by atoms with Crippen molar-refractivity contribution in [3.05, 3.63) is 70.5 Å². The molecule has 118 valence electrons. The number of fused-ring (bicyclic) bond motifs is 1. The molecule has 3 aromatic rings. The van der Waals surface area contributed by atoms with Crippen molar-refractivity contribution in [3.8, 4) is 0 Å². The van der Waals surface area contributed by atoms with Crippen LogP contribution in [0, 0.1) is 0 Å². The molecule has 2 heterocycles. The Hall–Kier alpha value is -2.82. The SMILES string of the molecule is CC(CCc1ccco1)NC(=O)c1cc2ccccc2c(=O)[nH]1. The van der Waals surface area contributed by atoms with Gasteiger partial charge in [-0.2, -0.15) is 0 Å². The van der Waals surface area contributed by atoms with Crippen LogP contribution in [-0.4, -0.2) is 16.9 Å². The number of furan rings is 1. The molecule has 5 nitrogen and oxygen atoms in total. The predicted molar refractivity (Wildman–Crippen MR) is 88.5 cm³/mol. The molecule has 0 aliphatic carbocycles. The van der Waals surface area contributed by atoms with E-state index >= 15 is 0 Å². The van der Waals surface area contributed by atoms with Crippen LogP contribution in [0.4, 0.5) is 0 Å². The van der Waals surface area contributed by atoms with Gasteiger partial charge in [0.25, 0.3) is 11.5 Å². The molecule has 0 bridgehead atoms. The average Bonchev–Trinajstić information content (AvgIpc) is 3.06. The molecular formula is C18H18N2O3. The summed E-state index contributed by atoms with van der Waals surface area (Å²) in [7, 11) is 0. The zero-order valence-electron chi connectivity index (χ0n) is 12.8. The van der Waals surface area contributed by atoms with E-state index in [-0.39, 0.29) is 23.2 Å². The van der Waals surface area contributed by atoms with Crippen LogP contribution in [0.15, 0.2) is 57.9 Å². The van der Waals surface area contributed by atoms with Gasteiger partial charge >= 0.3 is 0 Å². The Kier molecular flexibility index (Phi) is 4.28. The van der Waals surface area contributed by atoms with E-state index in [0.29, 0.717) is 5.39 Å². The Morgan fingerprint density at radius 3 is 2.87 bits per heavy atom. The Bertz CT molecular complexity index is 865. The van der Waals surface area contributed by atoms with E-state index in [4.69, 9.17) is 4.42 Å². The summed E-state index contributed by atoms with van der Waals surface area (Å²) in [6, 6.07) is 12.6. The van der Waals surface area contributed by atoms with E-state index in [0.717, 1.165) is 24.0 Å². The van der Waals surface area contributed by atoms with Crippen molar-refractivity contribution >= 4 is 16.7 Å². The highest BCUT2D eigenvalue weighted by atomic mass is 16.3. The van der Waals surface area contributed by atoms with Crippen LogP contribution in [0.2, 0.25) is 0 Å². The van der Waals surface area contributed by atoms with Crippen molar-refractivity contribution in [1.82, 2.24) is 10.3 Å². The third-order valence-electron chi connectivity index (χ3n) is 3.78. The van der Waals surface area contributed by atoms with E-state index in [1.807, 2.05) is 31.2 Å². The monoisotopic (exact) mass is 310 g/mol. The Morgan fingerprint density at radius 1 is 1.26 bits per heavy atom. The number of aromatic nitrogens is 1. The molecular weight excluding hydrogens is 292 g/mol. The summed E-state index contributed by atoms with van der Waals surface area (Å²) < 4.78 is 5.28. The fourth-order valence-electron chi connectivity index (χ4n) is 2.52. The highest BCUT2D eigenvalue weighted by Gasteiger charge is 2.12. The maximum Gasteiger partial charge on any atom is 0.268 e. The number of pyridine rings is 1. The largest absolute Gasteiger partial charge is 0.469 e. The molecule has 5 heteroatoms. The maximum atomic E-state index is 12.3. The minimum absolute atomic E-state index is 0.0254. The molecule has 2 aromatic heterocycles. The normalized spacial score (nSPS) is 12.2. The lowest BCUT2D eigenvalue weighted by atomic mass is 10.1. The van der Waals surface area contributed by atoms with Gasteiger partial charge in [-0.3, -0.25) is 9.59 Å². The van der Waals surface area contributed by atoms with Gasteiger partial charge in [-0.25, -0.2) is 0 Å². The van der Waals surface area contributed by atoms with Gasteiger partial charge in [0.2, 0.25) is 0 Å². The smallest absolute Gasteiger partial charge is 0.268 e. The Balaban J connectivity index is 1.69. The quantitative estimate of drug-likeness (QED) is 0.761. The number of nitrogens with one attached hydrogen (secondary N) is 2. The minimum Gasteiger partial charge on any atom is -0.469 e. The number of carbonyl (C=O) groups excluding carboxylic acids is 1. The molecule has 0 spiro atoms. The van der Waals surface area contributed by atoms with Crippen LogP contribution < -0.4 is 10.9 Å². The summed E-state index contributed by atoms with van der Waals surface area (Å²) in [5.74, 6) is 0.616. The summed E-state index contributed by atoms with van der Waals surface area (Å²) in [6.07, 6.45) is 3.15. The van der Waals surface area contributed by atoms with Crippen molar-refractivity contribution in [2.24, 2.45) is 0 Å². The average molecular weight is 310 g/mol. The molecule has 0 fully saturated rings. The van der Waals surface area contributed by atoms with E-state index in [2.05, 4.69) is 10.3 Å². The van der Waals surface area contributed by atoms with Crippen molar-refractivity contribution < 1.29 is 9.21 Å². The molecule has 0 radical (unpaired) electrons. The molecule has 3 rings (SSSR count). The lowest BCUT2D eigenvalue weighted by molar-refractivity contribution is 0.0933. The van der Waals surface area contributed by atoms with Gasteiger partial charge in [-0.05, 0) is 43.0 Å². The number of amides is 1. The van der Waals surface area contributed by atoms with Crippen LogP contribution in [0.3, 0.4) is 0 Å². The van der Waals surface area contributed by atoms with E-state index in [1.54, 1.807) is 24.5 Å². The zero-order valence-corrected chi connectivity index (χ0v) is 12.8. The number of hydrogen-bond donors (Lipinski definition) is 2. The standard InChI is InChI=1S/C18H18N2O3/c1-12(8-9-14-6-4-10-23-14)19-18(22)16-11-13-5-2-3-7-15(13)17(21)20-16/h2-7,10-12H,8-9H2,1H3,(H,19,22)(H,20,21). The number of carbonyl (C=O) groups is 1. The fourth-order valence-corrected chi connectivity index (χ4v) is 2.52. The van der Waals surface area contributed by atoms with Gasteiger partial charge in [0.1, 0.15) is 11.5 Å². The van der Waals surface area contributed by atoms with Gasteiger partial charge in [0.05, 0.1) is 6.26 Å². The number of rotatable bonds is 5. The van der Waals surface area contributed by atoms with E-state index < -0.39 is 0 Å². The van der Waals surface area contributed by atoms with Crippen molar-refractivity contribution in [3.63, 3.8) is 0 Å². The summed E-state index contributed by atoms with van der Waals surface area (Å²) >= 11 is 0. The van der Waals surface area contributed by atoms with E-state index in [9.17, 15) is 9.59 Å². The second-order valence-corrected chi connectivity index (χ2v) is 5.59. The number of H-pyrrole nitrogens is 1. The molecule has 1 aromatic carbocycles. The molecule has 0 saturated heterocycles. The second-order valence-electron chi connectivity index (χ2n) is 5.59. The molecule has 2 N–H and O–H groups in total. The number of aromatic amines is 1. The highest BCUT2D eigenvalue weighted by Crippen LogP contribution is 2.10. The first kappa shape index (κ1) is 15.1. The van der Waals surface area contributed by atoms with Crippen LogP contribution in [0.25, 0.3) is 10.8 Å². The highest BCUT2D eigenvalue weighted by molar-refractivity contribution is 5.96. The third kappa shape index (κ3) is 3.51. The number of hydrogen-bond acceptors (Lipinski definition) is 3. The van der Waals surface area contributed by atoms with Crippen molar-refractivity contribution in [1.29, 1.82) is 0 Å². The molecule has 0 saturated carbocycles. The molecule has 23 heavy (non-hydrogen) atoms. The number of aryl methyl sites for hydroxylation is 1. The second kappa shape index (κ2) is 6.52. The first-order valence-corrected chi connectivity index (χ1v) is 7.59. The fraction of sp³-hybridized carbons (Fsp3) is 0.222. The van der Waals surface area contributed by atoms with Crippen LogP contribution in [0.1, 0.15) is 29.6 Å². The van der Waals surface area contributed by atoms with Crippen LogP contribution in [-0.2, 0) is 6.42 Å². The topological polar surface area (TPSA) is 75.1 Å². The van der Waals surface area contributed by atoms with Crippen molar-refractivity contribution in [2.45, 2.75) is 25.8 Å². The maximum absolute atomic E-state index is 12.3. The van der Waals surface area contributed by atoms with Crippen LogP contribution in [0.5, 0.6) is 0 Å². The summed E-state index contributed by atoms with van der Waals surface area (Å²) in [6.45, 7) is 1.93. The summed E-state index contributed by atoms with van der Waals surface area (Å²) in [5, 5.41) is 4.23. The van der Waals surface area contributed by atoms with Gasteiger partial charge in [0, 0.05) is 17.8 Å². The summed E-state index contributed by atoms with van der Waals surface area (Å²) in [4.78, 5) is 27.0. The molecule has 1 amide bonds. The minimum atomic E-state index is -0.278. The molecule has 1 atom stereocenters. The summed E-state index contributed by atoms with van der Waals surface area (Å²) in [5.41, 5.74) is 0.0232. The van der Waals surface area contributed by atoms with Crippen LogP contribution >= 0.6 is 0 Å². The first-order valence-electron chi connectivity index (χ1n) is 7.59. The van der Waals surface area contributed by atoms with Gasteiger partial charge in [0.15, 0.2) is 0 Å². The van der Waals surface area contributed by atoms with Gasteiger partial charge < -0.3 is 14.7 Å². The number of benzene rings is 1. The lowest BCUT2D eigenvalue weighted by Crippen LogP contribution is -2.34. The predicted octanol–water partition coefficient (Wildman–Crippen LogP) is 2.87. The van der Waals surface area contributed by atoms with Gasteiger partial charge in [-0.15, -0.1) is 0 Å². The molecule has 1 unspecified atom stereocenters. The molecule has 0 aliphatic rings. The first-order chi connectivity index (χ1) is 11.1. The van der Waals surface area contributed by atoms with Gasteiger partial charge in [-0.1, -0.05) is 18.2 Å². The zero-order chi connectivity index (χ0) is 16.2.